The summed E-state index contributed by atoms with van der Waals surface area (Å²) in [5.41, 5.74) is 0.0620. The molecule has 1 fully saturated rings. The molecule has 1 N–H and O–H groups in total. The number of hydrogen-bond donors (Lipinski definition) is 1. The van der Waals surface area contributed by atoms with Crippen LogP contribution in [0.5, 0.6) is 0 Å². The number of β-amino-alcohol motifs (C(OH)–C–C–N with tert-alkyl or cyclic N) is 1. The maximum absolute atomic E-state index is 8.73. The summed E-state index contributed by atoms with van der Waals surface area (Å²) in [7, 11) is 0. The molecule has 1 saturated heterocycles. The Kier molecular flexibility index (Phi) is 4.22. The predicted octanol–water partition coefficient (Wildman–Crippen LogP) is 1.20. The van der Waals surface area contributed by atoms with Gasteiger partial charge in [-0.15, -0.1) is 0 Å². The Labute approximate surface area is 87.8 Å². The van der Waals surface area contributed by atoms with E-state index < -0.39 is 0 Å². The molecule has 1 aliphatic rings. The normalized spacial score (nSPS) is 24.2. The van der Waals surface area contributed by atoms with Crippen LogP contribution in [-0.4, -0.2) is 41.8 Å². The second kappa shape index (κ2) is 4.74. The molecule has 0 amide bonds. The molecule has 0 saturated carbocycles. The fourth-order valence-electron chi connectivity index (χ4n) is 1.47. The first-order chi connectivity index (χ1) is 5.70. The molecule has 1 aliphatic heterocycles. The molecule has 0 aliphatic carbocycles. The van der Waals surface area contributed by atoms with Crippen LogP contribution in [0.25, 0.3) is 0 Å². The van der Waals surface area contributed by atoms with Crippen LogP contribution in [-0.2, 0) is 3.07 Å². The smallest absolute Gasteiger partial charge is 0.110 e. The average molecular weight is 285 g/mol. The van der Waals surface area contributed by atoms with Crippen LogP contribution < -0.4 is 0 Å². The topological polar surface area (TPSA) is 32.7 Å². The molecule has 0 radical (unpaired) electrons. The fourth-order valence-corrected chi connectivity index (χ4v) is 1.91. The molecule has 4 heteroatoms. The number of aliphatic hydroxyl groups excluding tert-OH is 1. The van der Waals surface area contributed by atoms with E-state index in [1.807, 2.05) is 23.0 Å². The van der Waals surface area contributed by atoms with Gasteiger partial charge in [-0.25, -0.2) is 0 Å². The van der Waals surface area contributed by atoms with Gasteiger partial charge in [-0.3, -0.25) is 0 Å². The molecule has 1 heterocycles. The van der Waals surface area contributed by atoms with Crippen molar-refractivity contribution in [3.63, 3.8) is 0 Å². The SMILES string of the molecule is CC1(OI)CCN(CCO)CC1. The molecule has 12 heavy (non-hydrogen) atoms. The summed E-state index contributed by atoms with van der Waals surface area (Å²) in [6.45, 7) is 5.30. The largest absolute Gasteiger partial charge is 0.395 e. The summed E-state index contributed by atoms with van der Waals surface area (Å²) in [5, 5.41) is 8.73. The first-order valence-corrected chi connectivity index (χ1v) is 5.21. The predicted molar refractivity (Wildman–Crippen MR) is 56.3 cm³/mol. The highest BCUT2D eigenvalue weighted by Gasteiger charge is 2.29. The number of piperidine rings is 1. The van der Waals surface area contributed by atoms with E-state index in [-0.39, 0.29) is 12.2 Å². The molecule has 0 spiro atoms. The quantitative estimate of drug-likeness (QED) is 0.791. The third-order valence-electron chi connectivity index (χ3n) is 2.52. The molecule has 0 bridgehead atoms. The first-order valence-electron chi connectivity index (χ1n) is 4.33. The molecule has 0 aromatic carbocycles. The molecule has 0 aromatic heterocycles. The molecular formula is C8H16INO2. The average Bonchev–Trinajstić information content (AvgIpc) is 2.10. The van der Waals surface area contributed by atoms with Gasteiger partial charge < -0.3 is 13.1 Å². The van der Waals surface area contributed by atoms with E-state index in [0.717, 1.165) is 32.5 Å². The number of nitrogens with zero attached hydrogens (tertiary/aromatic N) is 1. The minimum Gasteiger partial charge on any atom is -0.395 e. The molecule has 0 aromatic rings. The molecule has 72 valence electrons. The van der Waals surface area contributed by atoms with Crippen molar-refractivity contribution in [2.75, 3.05) is 26.2 Å². The van der Waals surface area contributed by atoms with E-state index >= 15 is 0 Å². The zero-order valence-electron chi connectivity index (χ0n) is 7.42. The summed E-state index contributed by atoms with van der Waals surface area (Å²) in [6.07, 6.45) is 2.13. The van der Waals surface area contributed by atoms with E-state index in [4.69, 9.17) is 8.17 Å². The van der Waals surface area contributed by atoms with Gasteiger partial charge in [0, 0.05) is 19.6 Å². The van der Waals surface area contributed by atoms with Crippen LogP contribution in [0, 0.1) is 0 Å². The Morgan fingerprint density at radius 3 is 2.50 bits per heavy atom. The lowest BCUT2D eigenvalue weighted by molar-refractivity contribution is 0.0454. The van der Waals surface area contributed by atoms with Crippen molar-refractivity contribution in [2.45, 2.75) is 25.4 Å². The van der Waals surface area contributed by atoms with E-state index in [1.165, 1.54) is 0 Å². The molecule has 0 unspecified atom stereocenters. The maximum Gasteiger partial charge on any atom is 0.110 e. The summed E-state index contributed by atoms with van der Waals surface area (Å²) in [5.74, 6) is 0. The van der Waals surface area contributed by atoms with Gasteiger partial charge in [0.05, 0.1) is 12.2 Å². The zero-order valence-corrected chi connectivity index (χ0v) is 9.58. The van der Waals surface area contributed by atoms with Gasteiger partial charge >= 0.3 is 0 Å². The Morgan fingerprint density at radius 2 is 2.08 bits per heavy atom. The Morgan fingerprint density at radius 1 is 1.50 bits per heavy atom. The van der Waals surface area contributed by atoms with E-state index in [1.54, 1.807) is 0 Å². The van der Waals surface area contributed by atoms with Crippen molar-refractivity contribution in [1.29, 1.82) is 0 Å². The van der Waals surface area contributed by atoms with Crippen molar-refractivity contribution in [3.05, 3.63) is 0 Å². The molecule has 3 nitrogen and oxygen atoms in total. The fraction of sp³-hybridized carbons (Fsp3) is 1.00. The van der Waals surface area contributed by atoms with Crippen LogP contribution in [0.15, 0.2) is 0 Å². The number of aliphatic hydroxyl groups is 1. The van der Waals surface area contributed by atoms with Crippen molar-refractivity contribution in [2.24, 2.45) is 0 Å². The van der Waals surface area contributed by atoms with Crippen LogP contribution in [0.4, 0.5) is 0 Å². The Balaban J connectivity index is 2.29. The highest BCUT2D eigenvalue weighted by Crippen LogP contribution is 2.27. The zero-order chi connectivity index (χ0) is 9.03. The van der Waals surface area contributed by atoms with Crippen LogP contribution >= 0.6 is 23.0 Å². The van der Waals surface area contributed by atoms with Gasteiger partial charge in [0.25, 0.3) is 0 Å². The van der Waals surface area contributed by atoms with Crippen molar-refractivity contribution < 1.29 is 8.17 Å². The van der Waals surface area contributed by atoms with Gasteiger partial charge in [0.2, 0.25) is 0 Å². The minimum atomic E-state index is 0.0620. The van der Waals surface area contributed by atoms with Gasteiger partial charge in [-0.1, -0.05) is 0 Å². The number of rotatable bonds is 3. The van der Waals surface area contributed by atoms with Gasteiger partial charge in [0.15, 0.2) is 0 Å². The summed E-state index contributed by atoms with van der Waals surface area (Å²) in [4.78, 5) is 2.28. The lowest BCUT2D eigenvalue weighted by Gasteiger charge is -2.37. The third kappa shape index (κ3) is 2.83. The highest BCUT2D eigenvalue weighted by molar-refractivity contribution is 14.1. The summed E-state index contributed by atoms with van der Waals surface area (Å²) < 4.78 is 5.39. The first kappa shape index (κ1) is 10.7. The lowest BCUT2D eigenvalue weighted by Crippen LogP contribution is -2.43. The van der Waals surface area contributed by atoms with Crippen molar-refractivity contribution in [1.82, 2.24) is 4.90 Å². The van der Waals surface area contributed by atoms with Gasteiger partial charge in [-0.05, 0) is 19.8 Å². The van der Waals surface area contributed by atoms with E-state index in [2.05, 4.69) is 11.8 Å². The monoisotopic (exact) mass is 285 g/mol. The molecule has 0 atom stereocenters. The van der Waals surface area contributed by atoms with Crippen molar-refractivity contribution >= 4 is 23.0 Å². The Hall–Kier alpha value is 0.610. The van der Waals surface area contributed by atoms with E-state index in [0.29, 0.717) is 0 Å². The molecule has 1 rings (SSSR count). The minimum absolute atomic E-state index is 0.0620. The Bertz CT molecular complexity index is 135. The van der Waals surface area contributed by atoms with Crippen LogP contribution in [0.1, 0.15) is 19.8 Å². The van der Waals surface area contributed by atoms with Gasteiger partial charge in [-0.2, -0.15) is 0 Å². The maximum atomic E-state index is 8.73. The molecular weight excluding hydrogens is 269 g/mol. The number of likely N-dealkylation sites (tertiary alicyclic amines) is 1. The second-order valence-corrected chi connectivity index (χ2v) is 4.03. The second-order valence-electron chi connectivity index (χ2n) is 3.59. The lowest BCUT2D eigenvalue weighted by atomic mass is 9.94. The summed E-state index contributed by atoms with van der Waals surface area (Å²) >= 11 is 1.98. The standard InChI is InChI=1S/C8H16INO2/c1-8(12-9)2-4-10(5-3-8)6-7-11/h11H,2-7H2,1H3. The van der Waals surface area contributed by atoms with E-state index in [9.17, 15) is 0 Å². The van der Waals surface area contributed by atoms with Crippen LogP contribution in [0.3, 0.4) is 0 Å². The summed E-state index contributed by atoms with van der Waals surface area (Å²) in [6, 6.07) is 0. The van der Waals surface area contributed by atoms with Crippen molar-refractivity contribution in [3.8, 4) is 0 Å². The number of halogens is 1. The van der Waals surface area contributed by atoms with Gasteiger partial charge in [0.1, 0.15) is 23.0 Å². The van der Waals surface area contributed by atoms with Crippen LogP contribution in [0.2, 0.25) is 0 Å². The third-order valence-corrected chi connectivity index (χ3v) is 3.58. The highest BCUT2D eigenvalue weighted by atomic mass is 127. The number of hydrogen-bond acceptors (Lipinski definition) is 3.